The van der Waals surface area contributed by atoms with E-state index in [2.05, 4.69) is 57.9 Å². The average molecular weight is 342 g/mol. The van der Waals surface area contributed by atoms with Crippen LogP contribution in [0.15, 0.2) is 28.7 Å². The zero-order valence-corrected chi connectivity index (χ0v) is 16.5. The zero-order valence-electron chi connectivity index (χ0n) is 16.5. The molecule has 0 spiro atoms. The van der Waals surface area contributed by atoms with Crippen LogP contribution in [0.25, 0.3) is 0 Å². The predicted molar refractivity (Wildman–Crippen MR) is 102 cm³/mol. The van der Waals surface area contributed by atoms with Crippen LogP contribution in [0, 0.1) is 6.92 Å². The van der Waals surface area contributed by atoms with Crippen molar-refractivity contribution in [2.24, 2.45) is 0 Å². The number of anilines is 1. The van der Waals surface area contributed by atoms with Crippen LogP contribution in [-0.2, 0) is 22.0 Å². The molecule has 1 aromatic heterocycles. The van der Waals surface area contributed by atoms with E-state index in [-0.39, 0.29) is 16.7 Å². The molecular formula is C21H30N2O2. The van der Waals surface area contributed by atoms with E-state index in [0.717, 1.165) is 28.6 Å². The number of aromatic nitrogens is 1. The van der Waals surface area contributed by atoms with E-state index in [1.807, 2.05) is 25.1 Å². The van der Waals surface area contributed by atoms with Crippen molar-refractivity contribution in [1.82, 2.24) is 4.98 Å². The molecule has 2 aromatic rings. The van der Waals surface area contributed by atoms with Gasteiger partial charge in [0.15, 0.2) is 5.89 Å². The van der Waals surface area contributed by atoms with Crippen LogP contribution in [-0.4, -0.2) is 10.9 Å². The van der Waals surface area contributed by atoms with Gasteiger partial charge in [0.1, 0.15) is 5.76 Å². The van der Waals surface area contributed by atoms with Crippen molar-refractivity contribution in [3.8, 4) is 0 Å². The Morgan fingerprint density at radius 2 is 1.72 bits per heavy atom. The number of benzene rings is 1. The van der Waals surface area contributed by atoms with Gasteiger partial charge in [0.2, 0.25) is 5.91 Å². The minimum Gasteiger partial charge on any atom is -0.445 e. The largest absolute Gasteiger partial charge is 0.445 e. The van der Waals surface area contributed by atoms with Crippen molar-refractivity contribution in [1.29, 1.82) is 0 Å². The lowest BCUT2D eigenvalue weighted by Crippen LogP contribution is -2.18. The molecule has 1 aromatic carbocycles. The standard InChI is InChI=1S/C21H30N2O2/c1-14-17(25-19(22-14)21(5,6)7)12-13-18(24)23-16-11-9-8-10-15(16)20(2,3)4/h8-11H,12-13H2,1-7H3,(H,23,24). The van der Waals surface area contributed by atoms with Gasteiger partial charge in [-0.1, -0.05) is 59.7 Å². The minimum absolute atomic E-state index is 0.00944. The number of para-hydroxylation sites is 1. The Bertz CT molecular complexity index is 746. The molecule has 1 amide bonds. The Balaban J connectivity index is 2.04. The van der Waals surface area contributed by atoms with Crippen LogP contribution in [0.5, 0.6) is 0 Å². The fraction of sp³-hybridized carbons (Fsp3) is 0.524. The first kappa shape index (κ1) is 19.2. The number of nitrogens with zero attached hydrogens (tertiary/aromatic N) is 1. The van der Waals surface area contributed by atoms with Crippen molar-refractivity contribution in [3.63, 3.8) is 0 Å². The molecule has 136 valence electrons. The molecular weight excluding hydrogens is 312 g/mol. The molecule has 1 N–H and O–H groups in total. The molecule has 0 radical (unpaired) electrons. The summed E-state index contributed by atoms with van der Waals surface area (Å²) >= 11 is 0. The second-order valence-corrected chi connectivity index (χ2v) is 8.62. The Morgan fingerprint density at radius 1 is 1.08 bits per heavy atom. The third-order valence-corrected chi connectivity index (χ3v) is 4.12. The molecule has 4 heteroatoms. The fourth-order valence-corrected chi connectivity index (χ4v) is 2.67. The Labute approximate surface area is 151 Å². The second kappa shape index (κ2) is 7.03. The van der Waals surface area contributed by atoms with Gasteiger partial charge >= 0.3 is 0 Å². The number of hydrogen-bond acceptors (Lipinski definition) is 3. The summed E-state index contributed by atoms with van der Waals surface area (Å²) in [4.78, 5) is 16.9. The number of rotatable bonds is 4. The molecule has 4 nitrogen and oxygen atoms in total. The monoisotopic (exact) mass is 342 g/mol. The summed E-state index contributed by atoms with van der Waals surface area (Å²) in [7, 11) is 0. The van der Waals surface area contributed by atoms with E-state index in [0.29, 0.717) is 12.8 Å². The van der Waals surface area contributed by atoms with Gasteiger partial charge in [0.05, 0.1) is 5.69 Å². The molecule has 1 heterocycles. The second-order valence-electron chi connectivity index (χ2n) is 8.62. The topological polar surface area (TPSA) is 55.1 Å². The van der Waals surface area contributed by atoms with Crippen molar-refractivity contribution in [2.45, 2.75) is 72.1 Å². The van der Waals surface area contributed by atoms with Crippen LogP contribution in [0.1, 0.15) is 70.9 Å². The van der Waals surface area contributed by atoms with Crippen molar-refractivity contribution in [3.05, 3.63) is 47.2 Å². The fourth-order valence-electron chi connectivity index (χ4n) is 2.67. The highest BCUT2D eigenvalue weighted by Crippen LogP contribution is 2.29. The molecule has 0 saturated carbocycles. The van der Waals surface area contributed by atoms with E-state index < -0.39 is 0 Å². The van der Waals surface area contributed by atoms with Crippen molar-refractivity contribution in [2.75, 3.05) is 5.32 Å². The number of amides is 1. The lowest BCUT2D eigenvalue weighted by atomic mass is 9.86. The zero-order chi connectivity index (χ0) is 18.8. The number of hydrogen-bond donors (Lipinski definition) is 1. The molecule has 0 aliphatic heterocycles. The highest BCUT2D eigenvalue weighted by molar-refractivity contribution is 5.91. The van der Waals surface area contributed by atoms with E-state index in [1.165, 1.54) is 0 Å². The molecule has 25 heavy (non-hydrogen) atoms. The predicted octanol–water partition coefficient (Wildman–Crippen LogP) is 5.15. The highest BCUT2D eigenvalue weighted by atomic mass is 16.4. The van der Waals surface area contributed by atoms with Crippen molar-refractivity contribution < 1.29 is 9.21 Å². The number of aryl methyl sites for hydroxylation is 2. The summed E-state index contributed by atoms with van der Waals surface area (Å²) in [5.41, 5.74) is 2.73. The number of nitrogens with one attached hydrogen (secondary N) is 1. The molecule has 2 rings (SSSR count). The Morgan fingerprint density at radius 3 is 2.28 bits per heavy atom. The van der Waals surface area contributed by atoms with Crippen LogP contribution in [0.3, 0.4) is 0 Å². The quantitative estimate of drug-likeness (QED) is 0.836. The van der Waals surface area contributed by atoms with Gasteiger partial charge in [0.25, 0.3) is 0 Å². The molecule has 0 aliphatic carbocycles. The van der Waals surface area contributed by atoms with Crippen LogP contribution >= 0.6 is 0 Å². The summed E-state index contributed by atoms with van der Waals surface area (Å²) in [6.45, 7) is 14.6. The first-order valence-electron chi connectivity index (χ1n) is 8.84. The summed E-state index contributed by atoms with van der Waals surface area (Å²) < 4.78 is 5.87. The molecule has 0 bridgehead atoms. The third kappa shape index (κ3) is 4.94. The first-order chi connectivity index (χ1) is 11.5. The van der Waals surface area contributed by atoms with E-state index in [9.17, 15) is 4.79 Å². The van der Waals surface area contributed by atoms with Gasteiger partial charge in [-0.25, -0.2) is 4.98 Å². The summed E-state index contributed by atoms with van der Waals surface area (Å²) in [5.74, 6) is 1.51. The first-order valence-corrected chi connectivity index (χ1v) is 8.84. The maximum atomic E-state index is 12.4. The molecule has 0 unspecified atom stereocenters. The van der Waals surface area contributed by atoms with E-state index in [4.69, 9.17) is 4.42 Å². The maximum Gasteiger partial charge on any atom is 0.224 e. The van der Waals surface area contributed by atoms with Crippen molar-refractivity contribution >= 4 is 11.6 Å². The van der Waals surface area contributed by atoms with Gasteiger partial charge in [0, 0.05) is 23.9 Å². The normalized spacial score (nSPS) is 12.3. The van der Waals surface area contributed by atoms with Crippen LogP contribution in [0.4, 0.5) is 5.69 Å². The van der Waals surface area contributed by atoms with Gasteiger partial charge in [-0.15, -0.1) is 0 Å². The summed E-state index contributed by atoms with van der Waals surface area (Å²) in [5, 5.41) is 3.04. The SMILES string of the molecule is Cc1nc(C(C)(C)C)oc1CCC(=O)Nc1ccccc1C(C)(C)C. The number of oxazole rings is 1. The molecule has 0 saturated heterocycles. The molecule has 0 aliphatic rings. The Hall–Kier alpha value is -2.10. The number of carbonyl (C=O) groups excluding carboxylic acids is 1. The van der Waals surface area contributed by atoms with Crippen LogP contribution in [0.2, 0.25) is 0 Å². The van der Waals surface area contributed by atoms with Gasteiger partial charge < -0.3 is 9.73 Å². The van der Waals surface area contributed by atoms with Crippen LogP contribution < -0.4 is 5.32 Å². The average Bonchev–Trinajstić information content (AvgIpc) is 2.86. The Kier molecular flexibility index (Phi) is 5.40. The van der Waals surface area contributed by atoms with Gasteiger partial charge in [-0.05, 0) is 24.0 Å². The molecule has 0 atom stereocenters. The van der Waals surface area contributed by atoms with E-state index >= 15 is 0 Å². The third-order valence-electron chi connectivity index (χ3n) is 4.12. The molecule has 0 fully saturated rings. The van der Waals surface area contributed by atoms with E-state index in [1.54, 1.807) is 0 Å². The minimum atomic E-state index is -0.128. The lowest BCUT2D eigenvalue weighted by molar-refractivity contribution is -0.116. The summed E-state index contributed by atoms with van der Waals surface area (Å²) in [6.07, 6.45) is 0.927. The summed E-state index contributed by atoms with van der Waals surface area (Å²) in [6, 6.07) is 7.96. The lowest BCUT2D eigenvalue weighted by Gasteiger charge is -2.23. The van der Waals surface area contributed by atoms with Gasteiger partial charge in [-0.2, -0.15) is 0 Å². The smallest absolute Gasteiger partial charge is 0.224 e. The highest BCUT2D eigenvalue weighted by Gasteiger charge is 2.23. The maximum absolute atomic E-state index is 12.4. The number of carbonyl (C=O) groups is 1. The van der Waals surface area contributed by atoms with Gasteiger partial charge in [-0.3, -0.25) is 4.79 Å².